The number of carbonyl (C=O) groups excluding carboxylic acids is 1. The van der Waals surface area contributed by atoms with Crippen molar-refractivity contribution in [3.63, 3.8) is 0 Å². The average molecular weight is 502 g/mol. The Kier molecular flexibility index (Phi) is 18.6. The molecule has 0 radical (unpaired) electrons. The molecule has 1 N–H and O–H groups in total. The van der Waals surface area contributed by atoms with Crippen molar-refractivity contribution in [3.05, 3.63) is 89.0 Å². The minimum atomic E-state index is -3.70. The summed E-state index contributed by atoms with van der Waals surface area (Å²) in [5.74, 6) is -0.267. The standard InChI is InChI=1S/C14H19NO3S.C11H14.C3H8.C2H6/c1-5-10(2)11(3)15-19(17,18)14-9-7-6-8-13(14)12(4)16;1-9(2)8-11-6-4-10(3)5-7-11;1-3-2;1-2/h5-9,11,15H,1-4H3;4-7H,1,8H2,2-3H3;3H2,1-2H3;1-2H3/b10-5+;;;. The summed E-state index contributed by atoms with van der Waals surface area (Å²) in [6, 6.07) is 14.5. The fourth-order valence-corrected chi connectivity index (χ4v) is 4.22. The molecule has 0 saturated carbocycles. The maximum Gasteiger partial charge on any atom is 0.241 e. The summed E-state index contributed by atoms with van der Waals surface area (Å²) >= 11 is 0. The van der Waals surface area contributed by atoms with Crippen LogP contribution in [0.25, 0.3) is 0 Å². The summed E-state index contributed by atoms with van der Waals surface area (Å²) in [7, 11) is -3.70. The molecule has 2 aromatic rings. The van der Waals surface area contributed by atoms with Gasteiger partial charge in [-0.1, -0.05) is 106 Å². The van der Waals surface area contributed by atoms with Crippen molar-refractivity contribution in [2.45, 2.75) is 93.0 Å². The molecule has 0 aliphatic rings. The van der Waals surface area contributed by atoms with Gasteiger partial charge in [-0.2, -0.15) is 0 Å². The van der Waals surface area contributed by atoms with Gasteiger partial charge in [-0.15, -0.1) is 0 Å². The second kappa shape index (κ2) is 18.8. The molecule has 0 spiro atoms. The fraction of sp³-hybridized carbons (Fsp3) is 0.433. The summed E-state index contributed by atoms with van der Waals surface area (Å²) in [4.78, 5) is 11.5. The van der Waals surface area contributed by atoms with Crippen molar-refractivity contribution in [2.24, 2.45) is 0 Å². The predicted molar refractivity (Wildman–Crippen MR) is 153 cm³/mol. The highest BCUT2D eigenvalue weighted by Gasteiger charge is 2.22. The number of hydrogen-bond acceptors (Lipinski definition) is 3. The Balaban J connectivity index is 0. The van der Waals surface area contributed by atoms with Crippen molar-refractivity contribution in [1.29, 1.82) is 0 Å². The smallest absolute Gasteiger partial charge is 0.241 e. The van der Waals surface area contributed by atoms with Crippen LogP contribution in [0, 0.1) is 6.92 Å². The Morgan fingerprint density at radius 2 is 1.49 bits per heavy atom. The average Bonchev–Trinajstić information content (AvgIpc) is 2.81. The van der Waals surface area contributed by atoms with E-state index in [1.807, 2.05) is 33.8 Å². The second-order valence-corrected chi connectivity index (χ2v) is 9.94. The van der Waals surface area contributed by atoms with E-state index in [0.717, 1.165) is 12.0 Å². The molecule has 1 unspecified atom stereocenters. The molecule has 0 heterocycles. The Labute approximate surface area is 215 Å². The van der Waals surface area contributed by atoms with Gasteiger partial charge < -0.3 is 0 Å². The van der Waals surface area contributed by atoms with Crippen LogP contribution in [0.2, 0.25) is 0 Å². The van der Waals surface area contributed by atoms with Gasteiger partial charge in [-0.25, -0.2) is 13.1 Å². The molecule has 4 nitrogen and oxygen atoms in total. The van der Waals surface area contributed by atoms with Crippen molar-refractivity contribution >= 4 is 15.8 Å². The van der Waals surface area contributed by atoms with Crippen molar-refractivity contribution in [2.75, 3.05) is 0 Å². The largest absolute Gasteiger partial charge is 0.294 e. The van der Waals surface area contributed by atoms with Crippen LogP contribution >= 0.6 is 0 Å². The molecular weight excluding hydrogens is 454 g/mol. The molecule has 0 aromatic heterocycles. The van der Waals surface area contributed by atoms with Gasteiger partial charge in [0.1, 0.15) is 0 Å². The number of sulfonamides is 1. The van der Waals surface area contributed by atoms with Gasteiger partial charge in [0.25, 0.3) is 0 Å². The fourth-order valence-electron chi connectivity index (χ4n) is 2.69. The lowest BCUT2D eigenvalue weighted by atomic mass is 10.1. The minimum Gasteiger partial charge on any atom is -0.294 e. The summed E-state index contributed by atoms with van der Waals surface area (Å²) in [5, 5.41) is 0. The van der Waals surface area contributed by atoms with Gasteiger partial charge in [0.05, 0.1) is 4.90 Å². The summed E-state index contributed by atoms with van der Waals surface area (Å²) in [6.45, 7) is 23.1. The summed E-state index contributed by atoms with van der Waals surface area (Å²) in [6.07, 6.45) is 4.10. The van der Waals surface area contributed by atoms with Crippen molar-refractivity contribution < 1.29 is 13.2 Å². The maximum atomic E-state index is 12.3. The molecule has 0 fully saturated rings. The van der Waals surface area contributed by atoms with Gasteiger partial charge in [-0.3, -0.25) is 4.79 Å². The molecule has 2 aromatic carbocycles. The van der Waals surface area contributed by atoms with E-state index in [4.69, 9.17) is 0 Å². The van der Waals surface area contributed by atoms with E-state index in [1.54, 1.807) is 19.1 Å². The molecule has 0 aliphatic heterocycles. The number of aryl methyl sites for hydroxylation is 1. The lowest BCUT2D eigenvalue weighted by molar-refractivity contribution is 0.101. The van der Waals surface area contributed by atoms with Crippen LogP contribution in [-0.4, -0.2) is 20.2 Å². The zero-order chi connectivity index (χ0) is 27.6. The number of Topliss-reactive ketones (excluding diaryl/α,β-unsaturated/α-hetero) is 1. The van der Waals surface area contributed by atoms with E-state index in [0.29, 0.717) is 0 Å². The van der Waals surface area contributed by atoms with Crippen LogP contribution in [0.4, 0.5) is 0 Å². The number of hydrogen-bond donors (Lipinski definition) is 1. The van der Waals surface area contributed by atoms with Crippen LogP contribution in [0.15, 0.2) is 77.2 Å². The summed E-state index contributed by atoms with van der Waals surface area (Å²) in [5.41, 5.74) is 5.01. The van der Waals surface area contributed by atoms with E-state index in [1.165, 1.54) is 42.2 Å². The first-order chi connectivity index (χ1) is 16.4. The monoisotopic (exact) mass is 501 g/mol. The van der Waals surface area contributed by atoms with Crippen LogP contribution < -0.4 is 4.72 Å². The molecule has 1 atom stereocenters. The highest BCUT2D eigenvalue weighted by Crippen LogP contribution is 2.17. The Bertz CT molecular complexity index is 1020. The third kappa shape index (κ3) is 14.5. The van der Waals surface area contributed by atoms with Gasteiger partial charge in [-0.05, 0) is 59.6 Å². The number of carbonyl (C=O) groups is 1. The van der Waals surface area contributed by atoms with E-state index in [-0.39, 0.29) is 22.3 Å². The lowest BCUT2D eigenvalue weighted by Gasteiger charge is -2.16. The van der Waals surface area contributed by atoms with Crippen LogP contribution in [0.3, 0.4) is 0 Å². The molecule has 5 heteroatoms. The molecule has 35 heavy (non-hydrogen) atoms. The van der Waals surface area contributed by atoms with Crippen LogP contribution in [0.1, 0.15) is 90.2 Å². The SMILES string of the molecule is C/C=C(\C)C(C)NS(=O)(=O)c1ccccc1C(C)=O.C=C(C)Cc1ccc(C)cc1.CC.CCC. The van der Waals surface area contributed by atoms with E-state index >= 15 is 0 Å². The third-order valence-electron chi connectivity index (χ3n) is 4.65. The van der Waals surface area contributed by atoms with E-state index < -0.39 is 10.0 Å². The quantitative estimate of drug-likeness (QED) is 0.308. The highest BCUT2D eigenvalue weighted by atomic mass is 32.2. The number of nitrogens with one attached hydrogen (secondary N) is 1. The van der Waals surface area contributed by atoms with Crippen LogP contribution in [-0.2, 0) is 16.4 Å². The number of rotatable bonds is 7. The normalized spacial score (nSPS) is 11.4. The summed E-state index contributed by atoms with van der Waals surface area (Å²) < 4.78 is 27.2. The molecule has 0 bridgehead atoms. The topological polar surface area (TPSA) is 63.2 Å². The maximum absolute atomic E-state index is 12.3. The third-order valence-corrected chi connectivity index (χ3v) is 6.25. The van der Waals surface area contributed by atoms with Gasteiger partial charge in [0, 0.05) is 11.6 Å². The van der Waals surface area contributed by atoms with Gasteiger partial charge in [0.15, 0.2) is 5.78 Å². The molecular formula is C30H47NO3S. The first kappa shape index (κ1) is 34.7. The van der Waals surface area contributed by atoms with Crippen molar-refractivity contribution in [1.82, 2.24) is 4.72 Å². The van der Waals surface area contributed by atoms with Gasteiger partial charge >= 0.3 is 0 Å². The molecule has 196 valence electrons. The number of ketones is 1. The zero-order valence-corrected chi connectivity index (χ0v) is 24.3. The van der Waals surface area contributed by atoms with E-state index in [2.05, 4.69) is 63.3 Å². The second-order valence-electron chi connectivity index (χ2n) is 8.25. The molecule has 2 rings (SSSR count). The Morgan fingerprint density at radius 1 is 1.00 bits per heavy atom. The number of allylic oxidation sites excluding steroid dienone is 2. The predicted octanol–water partition coefficient (Wildman–Crippen LogP) is 8.08. The first-order valence-electron chi connectivity index (χ1n) is 12.3. The zero-order valence-electron chi connectivity index (χ0n) is 23.5. The number of benzene rings is 2. The molecule has 0 aliphatic carbocycles. The molecule has 0 amide bonds. The van der Waals surface area contributed by atoms with Gasteiger partial charge in [0.2, 0.25) is 10.0 Å². The minimum absolute atomic E-state index is 0.0262. The Hall–Kier alpha value is -2.50. The Morgan fingerprint density at radius 3 is 1.91 bits per heavy atom. The van der Waals surface area contributed by atoms with Crippen molar-refractivity contribution in [3.8, 4) is 0 Å². The first-order valence-corrected chi connectivity index (χ1v) is 13.8. The molecule has 0 saturated heterocycles. The highest BCUT2D eigenvalue weighted by molar-refractivity contribution is 7.89. The van der Waals surface area contributed by atoms with Crippen LogP contribution in [0.5, 0.6) is 0 Å². The lowest BCUT2D eigenvalue weighted by Crippen LogP contribution is -2.34. The van der Waals surface area contributed by atoms with E-state index in [9.17, 15) is 13.2 Å².